The minimum atomic E-state index is -0.525. The molecular weight excluding hydrogens is 284 g/mol. The van der Waals surface area contributed by atoms with Crippen LogP contribution in [0.15, 0.2) is 24.3 Å². The Balaban J connectivity index is 1.65. The molecule has 0 saturated carbocycles. The summed E-state index contributed by atoms with van der Waals surface area (Å²) in [4.78, 5) is 39.2. The first kappa shape index (κ1) is 14.1. The van der Waals surface area contributed by atoms with E-state index >= 15 is 0 Å². The number of nitrogens with one attached hydrogen (secondary N) is 3. The smallest absolute Gasteiger partial charge is 0.324 e. The number of H-pyrrole nitrogens is 1. The summed E-state index contributed by atoms with van der Waals surface area (Å²) in [7, 11) is 0. The van der Waals surface area contributed by atoms with Crippen molar-refractivity contribution in [3.63, 3.8) is 0 Å². The molecule has 3 N–H and O–H groups in total. The molecule has 1 aromatic carbocycles. The number of benzene rings is 1. The molecule has 22 heavy (non-hydrogen) atoms. The molecule has 0 aliphatic carbocycles. The molecule has 1 fully saturated rings. The van der Waals surface area contributed by atoms with Crippen molar-refractivity contribution in [3.05, 3.63) is 30.0 Å². The molecule has 3 rings (SSSR count). The first-order valence-corrected chi connectivity index (χ1v) is 6.99. The zero-order valence-corrected chi connectivity index (χ0v) is 12.1. The maximum atomic E-state index is 12.0. The van der Waals surface area contributed by atoms with Gasteiger partial charge in [-0.05, 0) is 31.2 Å². The average molecular weight is 300 g/mol. The number of hydrogen-bond donors (Lipinski definition) is 3. The number of carbonyl (C=O) groups is 3. The Hall–Kier alpha value is -2.83. The number of nitrogens with zero attached hydrogens (tertiary/aromatic N) is 1. The Bertz CT molecular complexity index is 765. The Morgan fingerprint density at radius 3 is 2.91 bits per heavy atom. The number of urea groups is 1. The highest BCUT2D eigenvalue weighted by molar-refractivity contribution is 6.00. The van der Waals surface area contributed by atoms with E-state index < -0.39 is 6.03 Å². The van der Waals surface area contributed by atoms with E-state index in [0.29, 0.717) is 5.69 Å². The van der Waals surface area contributed by atoms with Gasteiger partial charge in [0.2, 0.25) is 11.8 Å². The molecular formula is C15H16N4O3. The molecule has 0 spiro atoms. The molecule has 7 nitrogen and oxygen atoms in total. The molecule has 2 heterocycles. The SMILES string of the molecule is Cc1cc2cc(NC(=O)CN3CCC(=O)NC3=O)ccc2[nH]1. The molecule has 0 bridgehead atoms. The van der Waals surface area contributed by atoms with Crippen molar-refractivity contribution in [1.29, 1.82) is 0 Å². The van der Waals surface area contributed by atoms with Gasteiger partial charge in [-0.25, -0.2) is 4.79 Å². The lowest BCUT2D eigenvalue weighted by atomic mass is 10.2. The molecule has 1 aliphatic rings. The Labute approximate surface area is 126 Å². The van der Waals surface area contributed by atoms with Crippen LogP contribution >= 0.6 is 0 Å². The van der Waals surface area contributed by atoms with Crippen LogP contribution < -0.4 is 10.6 Å². The third-order valence-corrected chi connectivity index (χ3v) is 3.52. The van der Waals surface area contributed by atoms with E-state index in [0.717, 1.165) is 16.6 Å². The van der Waals surface area contributed by atoms with Crippen molar-refractivity contribution in [2.24, 2.45) is 0 Å². The fourth-order valence-electron chi connectivity index (χ4n) is 2.48. The minimum absolute atomic E-state index is 0.0800. The highest BCUT2D eigenvalue weighted by Gasteiger charge is 2.24. The predicted octanol–water partition coefficient (Wildman–Crippen LogP) is 1.36. The van der Waals surface area contributed by atoms with Crippen molar-refractivity contribution in [3.8, 4) is 0 Å². The van der Waals surface area contributed by atoms with Crippen LogP contribution in [0.1, 0.15) is 12.1 Å². The quantitative estimate of drug-likeness (QED) is 0.798. The summed E-state index contributed by atoms with van der Waals surface area (Å²) < 4.78 is 0. The fraction of sp³-hybridized carbons (Fsp3) is 0.267. The summed E-state index contributed by atoms with van der Waals surface area (Å²) in [6.07, 6.45) is 0.216. The number of aromatic nitrogens is 1. The standard InChI is InChI=1S/C15H16N4O3/c1-9-6-10-7-11(2-3-12(10)16-9)17-14(21)8-19-5-4-13(20)18-15(19)22/h2-3,6-7,16H,4-5,8H2,1H3,(H,17,21)(H,18,20,22). The van der Waals surface area contributed by atoms with Crippen molar-refractivity contribution < 1.29 is 14.4 Å². The zero-order valence-electron chi connectivity index (χ0n) is 12.1. The number of imide groups is 1. The van der Waals surface area contributed by atoms with E-state index in [1.165, 1.54) is 4.90 Å². The predicted molar refractivity (Wildman–Crippen MR) is 81.4 cm³/mol. The van der Waals surface area contributed by atoms with E-state index in [-0.39, 0.29) is 31.3 Å². The van der Waals surface area contributed by atoms with Crippen LogP contribution in [0.5, 0.6) is 0 Å². The van der Waals surface area contributed by atoms with Gasteiger partial charge in [0, 0.05) is 35.2 Å². The zero-order chi connectivity index (χ0) is 15.7. The molecule has 4 amide bonds. The van der Waals surface area contributed by atoms with Gasteiger partial charge in [-0.2, -0.15) is 0 Å². The van der Waals surface area contributed by atoms with Crippen molar-refractivity contribution >= 4 is 34.4 Å². The largest absolute Gasteiger partial charge is 0.359 e. The van der Waals surface area contributed by atoms with Crippen molar-refractivity contribution in [1.82, 2.24) is 15.2 Å². The number of aryl methyl sites for hydroxylation is 1. The molecule has 2 aromatic rings. The molecule has 114 valence electrons. The molecule has 0 unspecified atom stereocenters. The number of fused-ring (bicyclic) bond motifs is 1. The Kier molecular flexibility index (Phi) is 3.54. The summed E-state index contributed by atoms with van der Waals surface area (Å²) in [5.74, 6) is -0.606. The Morgan fingerprint density at radius 1 is 1.32 bits per heavy atom. The van der Waals surface area contributed by atoms with Crippen LogP contribution in [-0.2, 0) is 9.59 Å². The first-order valence-electron chi connectivity index (χ1n) is 6.99. The molecule has 0 atom stereocenters. The molecule has 1 aromatic heterocycles. The number of anilines is 1. The highest BCUT2D eigenvalue weighted by Crippen LogP contribution is 2.19. The number of amides is 4. The van der Waals surface area contributed by atoms with Crippen LogP contribution in [0.25, 0.3) is 10.9 Å². The highest BCUT2D eigenvalue weighted by atomic mass is 16.2. The van der Waals surface area contributed by atoms with Crippen molar-refractivity contribution in [2.75, 3.05) is 18.4 Å². The number of aromatic amines is 1. The first-order chi connectivity index (χ1) is 10.5. The van der Waals surface area contributed by atoms with Crippen molar-refractivity contribution in [2.45, 2.75) is 13.3 Å². The molecule has 7 heteroatoms. The van der Waals surface area contributed by atoms with Gasteiger partial charge in [0.25, 0.3) is 0 Å². The maximum absolute atomic E-state index is 12.0. The summed E-state index contributed by atoms with van der Waals surface area (Å²) in [5, 5.41) is 5.96. The van der Waals surface area contributed by atoms with Crippen LogP contribution in [-0.4, -0.2) is 40.8 Å². The average Bonchev–Trinajstić information content (AvgIpc) is 2.81. The van der Waals surface area contributed by atoms with Gasteiger partial charge in [-0.15, -0.1) is 0 Å². The molecule has 1 aliphatic heterocycles. The van der Waals surface area contributed by atoms with E-state index in [4.69, 9.17) is 0 Å². The molecule has 1 saturated heterocycles. The lowest BCUT2D eigenvalue weighted by Crippen LogP contribution is -2.51. The van der Waals surface area contributed by atoms with E-state index in [9.17, 15) is 14.4 Å². The monoisotopic (exact) mass is 300 g/mol. The second-order valence-corrected chi connectivity index (χ2v) is 5.33. The van der Waals surface area contributed by atoms with Crippen LogP contribution in [0.4, 0.5) is 10.5 Å². The van der Waals surface area contributed by atoms with E-state index in [1.807, 2.05) is 25.1 Å². The summed E-state index contributed by atoms with van der Waals surface area (Å²) in [6.45, 7) is 2.14. The summed E-state index contributed by atoms with van der Waals surface area (Å²) in [5.41, 5.74) is 2.72. The lowest BCUT2D eigenvalue weighted by Gasteiger charge is -2.25. The van der Waals surface area contributed by atoms with E-state index in [2.05, 4.69) is 15.6 Å². The van der Waals surface area contributed by atoms with Crippen LogP contribution in [0, 0.1) is 6.92 Å². The van der Waals surface area contributed by atoms with Gasteiger partial charge < -0.3 is 15.2 Å². The Morgan fingerprint density at radius 2 is 2.14 bits per heavy atom. The summed E-state index contributed by atoms with van der Waals surface area (Å²) >= 11 is 0. The van der Waals surface area contributed by atoms with Gasteiger partial charge in [0.05, 0.1) is 0 Å². The van der Waals surface area contributed by atoms with Gasteiger partial charge >= 0.3 is 6.03 Å². The minimum Gasteiger partial charge on any atom is -0.359 e. The maximum Gasteiger partial charge on any atom is 0.324 e. The van der Waals surface area contributed by atoms with Crippen LogP contribution in [0.2, 0.25) is 0 Å². The van der Waals surface area contributed by atoms with Gasteiger partial charge in [0.15, 0.2) is 0 Å². The van der Waals surface area contributed by atoms with Gasteiger partial charge in [0.1, 0.15) is 6.54 Å². The summed E-state index contributed by atoms with van der Waals surface area (Å²) in [6, 6.07) is 7.04. The number of hydrogen-bond acceptors (Lipinski definition) is 3. The number of carbonyl (C=O) groups excluding carboxylic acids is 3. The van der Waals surface area contributed by atoms with Gasteiger partial charge in [-0.3, -0.25) is 14.9 Å². The number of rotatable bonds is 3. The second kappa shape index (κ2) is 5.51. The normalized spacial score (nSPS) is 15.0. The third-order valence-electron chi connectivity index (χ3n) is 3.52. The fourth-order valence-corrected chi connectivity index (χ4v) is 2.48. The lowest BCUT2D eigenvalue weighted by molar-refractivity contribution is -0.123. The topological polar surface area (TPSA) is 94.3 Å². The van der Waals surface area contributed by atoms with Crippen LogP contribution in [0.3, 0.4) is 0 Å². The van der Waals surface area contributed by atoms with Gasteiger partial charge in [-0.1, -0.05) is 0 Å². The third kappa shape index (κ3) is 2.93. The second-order valence-electron chi connectivity index (χ2n) is 5.33. The molecule has 0 radical (unpaired) electrons. The van der Waals surface area contributed by atoms with E-state index in [1.54, 1.807) is 6.07 Å².